The molecule has 0 saturated carbocycles. The number of rotatable bonds is 4. The van der Waals surface area contributed by atoms with E-state index in [1.54, 1.807) is 12.3 Å². The maximum Gasteiger partial charge on any atom is 0.324 e. The van der Waals surface area contributed by atoms with E-state index in [0.717, 1.165) is 12.0 Å². The van der Waals surface area contributed by atoms with Crippen LogP contribution in [0.3, 0.4) is 0 Å². The van der Waals surface area contributed by atoms with Gasteiger partial charge in [-0.2, -0.15) is 5.10 Å². The summed E-state index contributed by atoms with van der Waals surface area (Å²) < 4.78 is 0. The predicted octanol–water partition coefficient (Wildman–Crippen LogP) is 2.52. The fourth-order valence-corrected chi connectivity index (χ4v) is 1.66. The molecule has 1 aromatic carbocycles. The first-order valence-corrected chi connectivity index (χ1v) is 5.95. The summed E-state index contributed by atoms with van der Waals surface area (Å²) >= 11 is 0. The van der Waals surface area contributed by atoms with E-state index < -0.39 is 11.0 Å². The molecule has 8 nitrogen and oxygen atoms in total. The second-order valence-corrected chi connectivity index (χ2v) is 4.01. The summed E-state index contributed by atoms with van der Waals surface area (Å²) in [4.78, 5) is 21.9. The lowest BCUT2D eigenvalue weighted by atomic mass is 10.2. The number of anilines is 2. The molecule has 0 atom stereocenters. The molecule has 0 aliphatic heterocycles. The molecule has 2 amide bonds. The molecule has 20 heavy (non-hydrogen) atoms. The molecule has 1 heterocycles. The highest BCUT2D eigenvalue weighted by Gasteiger charge is 2.10. The number of aromatic amines is 1. The Balaban J connectivity index is 2.05. The van der Waals surface area contributed by atoms with Gasteiger partial charge >= 0.3 is 6.03 Å². The number of nitro benzene ring substituents is 1. The maximum atomic E-state index is 11.8. The zero-order valence-corrected chi connectivity index (χ0v) is 10.7. The van der Waals surface area contributed by atoms with E-state index in [0.29, 0.717) is 11.5 Å². The fraction of sp³-hybridized carbons (Fsp3) is 0.167. The molecular weight excluding hydrogens is 262 g/mol. The van der Waals surface area contributed by atoms with Gasteiger partial charge in [0.25, 0.3) is 5.69 Å². The average molecular weight is 275 g/mol. The Morgan fingerprint density at radius 3 is 2.95 bits per heavy atom. The third-order valence-electron chi connectivity index (χ3n) is 2.65. The summed E-state index contributed by atoms with van der Waals surface area (Å²) in [7, 11) is 0. The lowest BCUT2D eigenvalue weighted by Gasteiger charge is -2.07. The zero-order chi connectivity index (χ0) is 14.5. The quantitative estimate of drug-likeness (QED) is 0.587. The number of H-pyrrole nitrogens is 1. The number of hydrogen-bond acceptors (Lipinski definition) is 4. The van der Waals surface area contributed by atoms with E-state index in [-0.39, 0.29) is 5.69 Å². The Labute approximate surface area is 114 Å². The number of nitrogens with zero attached hydrogens (tertiary/aromatic N) is 2. The van der Waals surface area contributed by atoms with E-state index in [2.05, 4.69) is 20.8 Å². The molecule has 0 bridgehead atoms. The van der Waals surface area contributed by atoms with Gasteiger partial charge in [0, 0.05) is 23.4 Å². The number of carbonyl (C=O) groups excluding carboxylic acids is 1. The van der Waals surface area contributed by atoms with Gasteiger partial charge in [-0.1, -0.05) is 13.0 Å². The number of nitro groups is 1. The number of nitrogens with one attached hydrogen (secondary N) is 3. The Morgan fingerprint density at radius 1 is 1.45 bits per heavy atom. The molecule has 3 N–H and O–H groups in total. The molecular formula is C12H13N5O3. The molecule has 0 unspecified atom stereocenters. The fourth-order valence-electron chi connectivity index (χ4n) is 1.66. The number of aryl methyl sites for hydroxylation is 1. The van der Waals surface area contributed by atoms with E-state index in [1.165, 1.54) is 18.2 Å². The van der Waals surface area contributed by atoms with Gasteiger partial charge in [-0.25, -0.2) is 4.79 Å². The molecule has 0 saturated heterocycles. The molecule has 0 aliphatic rings. The number of hydrogen-bond donors (Lipinski definition) is 3. The van der Waals surface area contributed by atoms with Crippen LogP contribution in [0.5, 0.6) is 0 Å². The van der Waals surface area contributed by atoms with Gasteiger partial charge in [0.1, 0.15) is 5.82 Å². The van der Waals surface area contributed by atoms with Crippen molar-refractivity contribution in [3.05, 3.63) is 46.1 Å². The highest BCUT2D eigenvalue weighted by atomic mass is 16.6. The minimum atomic E-state index is -0.521. The molecule has 1 aromatic heterocycles. The van der Waals surface area contributed by atoms with E-state index >= 15 is 0 Å². The second kappa shape index (κ2) is 5.83. The van der Waals surface area contributed by atoms with Crippen LogP contribution < -0.4 is 10.6 Å². The normalized spacial score (nSPS) is 10.1. The number of non-ortho nitro benzene ring substituents is 1. The summed E-state index contributed by atoms with van der Waals surface area (Å²) in [6, 6.07) is 5.21. The van der Waals surface area contributed by atoms with Crippen molar-refractivity contribution in [2.24, 2.45) is 0 Å². The molecule has 0 spiro atoms. The lowest BCUT2D eigenvalue weighted by Crippen LogP contribution is -2.20. The van der Waals surface area contributed by atoms with Crippen molar-refractivity contribution in [3.63, 3.8) is 0 Å². The van der Waals surface area contributed by atoms with Crippen LogP contribution in [0, 0.1) is 10.1 Å². The van der Waals surface area contributed by atoms with Crippen LogP contribution in [0.25, 0.3) is 0 Å². The highest BCUT2D eigenvalue weighted by Crippen LogP contribution is 2.17. The number of urea groups is 1. The Hall–Kier alpha value is -2.90. The van der Waals surface area contributed by atoms with Crippen molar-refractivity contribution in [1.82, 2.24) is 10.2 Å². The van der Waals surface area contributed by atoms with Crippen LogP contribution in [0.15, 0.2) is 30.5 Å². The molecule has 2 rings (SSSR count). The number of aromatic nitrogens is 2. The first-order valence-electron chi connectivity index (χ1n) is 5.95. The van der Waals surface area contributed by atoms with Gasteiger partial charge < -0.3 is 5.32 Å². The predicted molar refractivity (Wildman–Crippen MR) is 73.7 cm³/mol. The van der Waals surface area contributed by atoms with E-state index in [9.17, 15) is 14.9 Å². The molecule has 0 fully saturated rings. The largest absolute Gasteiger partial charge is 0.324 e. The summed E-state index contributed by atoms with van der Waals surface area (Å²) in [5.41, 5.74) is 1.13. The molecule has 0 radical (unpaired) electrons. The van der Waals surface area contributed by atoms with Gasteiger partial charge in [0.05, 0.1) is 11.1 Å². The Bertz CT molecular complexity index is 638. The summed E-state index contributed by atoms with van der Waals surface area (Å²) in [6.45, 7) is 1.94. The van der Waals surface area contributed by atoms with Crippen molar-refractivity contribution in [1.29, 1.82) is 0 Å². The maximum absolute atomic E-state index is 11.8. The molecule has 8 heteroatoms. The van der Waals surface area contributed by atoms with Gasteiger partial charge in [0.2, 0.25) is 0 Å². The molecule has 104 valence electrons. The minimum absolute atomic E-state index is 0.0846. The van der Waals surface area contributed by atoms with E-state index in [4.69, 9.17) is 0 Å². The van der Waals surface area contributed by atoms with Crippen molar-refractivity contribution in [2.45, 2.75) is 13.3 Å². The van der Waals surface area contributed by atoms with Crippen LogP contribution in [0.4, 0.5) is 22.0 Å². The Morgan fingerprint density at radius 2 is 2.25 bits per heavy atom. The summed E-state index contributed by atoms with van der Waals surface area (Å²) in [5.74, 6) is 0.510. The summed E-state index contributed by atoms with van der Waals surface area (Å²) in [6.07, 6.45) is 2.35. The number of amides is 2. The molecule has 2 aromatic rings. The standard InChI is InChI=1S/C12H13N5O3/c1-2-8-7-13-16-11(8)15-12(18)14-9-4-3-5-10(6-9)17(19)20/h3-7H,2H2,1H3,(H3,13,14,15,16,18). The van der Waals surface area contributed by atoms with Gasteiger partial charge in [-0.3, -0.25) is 20.5 Å². The van der Waals surface area contributed by atoms with Crippen molar-refractivity contribution >= 4 is 23.2 Å². The van der Waals surface area contributed by atoms with Crippen molar-refractivity contribution in [2.75, 3.05) is 10.6 Å². The first-order chi connectivity index (χ1) is 9.60. The third kappa shape index (κ3) is 3.10. The Kier molecular flexibility index (Phi) is 3.94. The van der Waals surface area contributed by atoms with Gasteiger partial charge in [-0.15, -0.1) is 0 Å². The highest BCUT2D eigenvalue weighted by molar-refractivity contribution is 5.99. The molecule has 0 aliphatic carbocycles. The number of carbonyl (C=O) groups is 1. The van der Waals surface area contributed by atoms with Crippen molar-refractivity contribution in [3.8, 4) is 0 Å². The monoisotopic (exact) mass is 275 g/mol. The topological polar surface area (TPSA) is 113 Å². The van der Waals surface area contributed by atoms with E-state index in [1.807, 2.05) is 6.92 Å². The van der Waals surface area contributed by atoms with Crippen LogP contribution in [-0.4, -0.2) is 21.2 Å². The smallest absolute Gasteiger partial charge is 0.307 e. The average Bonchev–Trinajstić information content (AvgIpc) is 2.86. The second-order valence-electron chi connectivity index (χ2n) is 4.01. The lowest BCUT2D eigenvalue weighted by molar-refractivity contribution is -0.384. The summed E-state index contributed by atoms with van der Waals surface area (Å²) in [5, 5.41) is 22.3. The van der Waals surface area contributed by atoms with Gasteiger partial charge in [0.15, 0.2) is 0 Å². The van der Waals surface area contributed by atoms with Crippen LogP contribution in [0.1, 0.15) is 12.5 Å². The minimum Gasteiger partial charge on any atom is -0.307 e. The van der Waals surface area contributed by atoms with Crippen LogP contribution in [-0.2, 0) is 6.42 Å². The zero-order valence-electron chi connectivity index (χ0n) is 10.7. The van der Waals surface area contributed by atoms with Crippen LogP contribution >= 0.6 is 0 Å². The third-order valence-corrected chi connectivity index (χ3v) is 2.65. The van der Waals surface area contributed by atoms with Crippen molar-refractivity contribution < 1.29 is 9.72 Å². The van der Waals surface area contributed by atoms with Crippen LogP contribution in [0.2, 0.25) is 0 Å². The SMILES string of the molecule is CCc1cn[nH]c1NC(=O)Nc1cccc([N+](=O)[O-])c1. The number of benzene rings is 1. The van der Waals surface area contributed by atoms with Gasteiger partial charge in [-0.05, 0) is 12.5 Å². The first kappa shape index (κ1) is 13.5.